The molecule has 0 aliphatic heterocycles. The van der Waals surface area contributed by atoms with E-state index in [0.29, 0.717) is 0 Å². The van der Waals surface area contributed by atoms with Crippen LogP contribution in [0.5, 0.6) is 0 Å². The van der Waals surface area contributed by atoms with Gasteiger partial charge in [-0.25, -0.2) is 0 Å². The number of unbranched alkanes of at least 4 members (excludes halogenated alkanes) is 3. The second kappa shape index (κ2) is 7.61. The maximum Gasteiger partial charge on any atom is 0.176 e. The zero-order valence-corrected chi connectivity index (χ0v) is 11.4. The van der Waals surface area contributed by atoms with Crippen molar-refractivity contribution in [3.63, 3.8) is 0 Å². The third-order valence-electron chi connectivity index (χ3n) is 2.65. The van der Waals surface area contributed by atoms with E-state index < -0.39 is 0 Å². The predicted molar refractivity (Wildman–Crippen MR) is 72.2 cm³/mol. The first-order valence-electron chi connectivity index (χ1n) is 5.99. The summed E-state index contributed by atoms with van der Waals surface area (Å²) in [5.74, 6) is 0.206. The second-order valence-electron chi connectivity index (χ2n) is 4.05. The van der Waals surface area contributed by atoms with Gasteiger partial charge in [-0.2, -0.15) is 0 Å². The molecule has 0 amide bonds. The first-order valence-corrected chi connectivity index (χ1v) is 6.90. The number of carbonyl (C=O) groups is 1. The summed E-state index contributed by atoms with van der Waals surface area (Å²) in [6.07, 6.45) is 5.79. The number of ketones is 1. The highest BCUT2D eigenvalue weighted by Crippen LogP contribution is 2.17. The zero-order chi connectivity index (χ0) is 11.8. The SMILES string of the molecule is CCCCCCC(Br)C(=O)c1ccccc1. The van der Waals surface area contributed by atoms with Gasteiger partial charge in [0.25, 0.3) is 0 Å². The molecule has 1 aromatic rings. The minimum atomic E-state index is -0.0215. The normalized spacial score (nSPS) is 12.4. The molecule has 1 atom stereocenters. The van der Waals surface area contributed by atoms with Crippen molar-refractivity contribution in [2.45, 2.75) is 43.9 Å². The predicted octanol–water partition coefficient (Wildman–Crippen LogP) is 4.60. The summed E-state index contributed by atoms with van der Waals surface area (Å²) in [4.78, 5) is 11.9. The molecule has 0 N–H and O–H groups in total. The number of Topliss-reactive ketones (excluding diaryl/α,β-unsaturated/α-hetero) is 1. The maximum absolute atomic E-state index is 12.0. The van der Waals surface area contributed by atoms with Crippen molar-refractivity contribution in [2.75, 3.05) is 0 Å². The standard InChI is InChI=1S/C14H19BrO/c1-2-3-4-8-11-13(15)14(16)12-9-6-5-7-10-12/h5-7,9-10,13H,2-4,8,11H2,1H3. The van der Waals surface area contributed by atoms with Gasteiger partial charge >= 0.3 is 0 Å². The molecule has 0 heterocycles. The van der Waals surface area contributed by atoms with E-state index in [9.17, 15) is 4.79 Å². The van der Waals surface area contributed by atoms with Crippen LogP contribution < -0.4 is 0 Å². The van der Waals surface area contributed by atoms with Crippen molar-refractivity contribution >= 4 is 21.7 Å². The van der Waals surface area contributed by atoms with Gasteiger partial charge in [0.15, 0.2) is 5.78 Å². The van der Waals surface area contributed by atoms with Gasteiger partial charge in [-0.1, -0.05) is 78.9 Å². The number of halogens is 1. The molecule has 1 unspecified atom stereocenters. The Bertz CT molecular complexity index is 308. The first-order chi connectivity index (χ1) is 7.75. The Labute approximate surface area is 106 Å². The van der Waals surface area contributed by atoms with Crippen molar-refractivity contribution in [1.29, 1.82) is 0 Å². The van der Waals surface area contributed by atoms with E-state index in [1.54, 1.807) is 0 Å². The van der Waals surface area contributed by atoms with Crippen LogP contribution in [0.25, 0.3) is 0 Å². The van der Waals surface area contributed by atoms with Crippen LogP contribution in [-0.2, 0) is 0 Å². The summed E-state index contributed by atoms with van der Waals surface area (Å²) >= 11 is 3.48. The molecule has 1 aromatic carbocycles. The Morgan fingerprint density at radius 2 is 1.88 bits per heavy atom. The quantitative estimate of drug-likeness (QED) is 0.406. The molecule has 0 bridgehead atoms. The van der Waals surface area contributed by atoms with Crippen LogP contribution in [0.4, 0.5) is 0 Å². The summed E-state index contributed by atoms with van der Waals surface area (Å²) in [6, 6.07) is 9.50. The van der Waals surface area contributed by atoms with Crippen LogP contribution in [0.15, 0.2) is 30.3 Å². The van der Waals surface area contributed by atoms with Gasteiger partial charge in [0.2, 0.25) is 0 Å². The van der Waals surface area contributed by atoms with Crippen molar-refractivity contribution in [3.8, 4) is 0 Å². The van der Waals surface area contributed by atoms with Crippen molar-refractivity contribution < 1.29 is 4.79 Å². The van der Waals surface area contributed by atoms with Gasteiger partial charge in [-0.3, -0.25) is 4.79 Å². The van der Waals surface area contributed by atoms with Crippen molar-refractivity contribution in [1.82, 2.24) is 0 Å². The molecule has 1 rings (SSSR count). The topological polar surface area (TPSA) is 17.1 Å². The highest BCUT2D eigenvalue weighted by atomic mass is 79.9. The van der Waals surface area contributed by atoms with Gasteiger partial charge < -0.3 is 0 Å². The van der Waals surface area contributed by atoms with Gasteiger partial charge in [-0.15, -0.1) is 0 Å². The minimum Gasteiger partial charge on any atom is -0.293 e. The lowest BCUT2D eigenvalue weighted by Gasteiger charge is -2.08. The van der Waals surface area contributed by atoms with Crippen LogP contribution in [-0.4, -0.2) is 10.6 Å². The van der Waals surface area contributed by atoms with Crippen LogP contribution in [0, 0.1) is 0 Å². The summed E-state index contributed by atoms with van der Waals surface area (Å²) in [6.45, 7) is 2.20. The van der Waals surface area contributed by atoms with E-state index in [1.165, 1.54) is 19.3 Å². The number of benzene rings is 1. The van der Waals surface area contributed by atoms with Gasteiger partial charge in [-0.05, 0) is 6.42 Å². The lowest BCUT2D eigenvalue weighted by Crippen LogP contribution is -2.13. The van der Waals surface area contributed by atoms with Gasteiger partial charge in [0.1, 0.15) is 0 Å². The van der Waals surface area contributed by atoms with Crippen molar-refractivity contribution in [2.24, 2.45) is 0 Å². The largest absolute Gasteiger partial charge is 0.293 e. The Hall–Kier alpha value is -0.630. The molecule has 0 radical (unpaired) electrons. The summed E-state index contributed by atoms with van der Waals surface area (Å²) in [7, 11) is 0. The number of hydrogen-bond acceptors (Lipinski definition) is 1. The van der Waals surface area contributed by atoms with Gasteiger partial charge in [0.05, 0.1) is 4.83 Å². The molecule has 0 saturated heterocycles. The molecule has 1 nitrogen and oxygen atoms in total. The van der Waals surface area contributed by atoms with E-state index in [0.717, 1.165) is 18.4 Å². The molecular formula is C14H19BrO. The molecule has 2 heteroatoms. The van der Waals surface area contributed by atoms with E-state index >= 15 is 0 Å². The number of alkyl halides is 1. The fraction of sp³-hybridized carbons (Fsp3) is 0.500. The molecular weight excluding hydrogens is 264 g/mol. The monoisotopic (exact) mass is 282 g/mol. The summed E-state index contributed by atoms with van der Waals surface area (Å²) in [5, 5.41) is 0. The Kier molecular flexibility index (Phi) is 6.39. The van der Waals surface area contributed by atoms with Gasteiger partial charge in [0, 0.05) is 5.56 Å². The fourth-order valence-corrected chi connectivity index (χ4v) is 2.25. The lowest BCUT2D eigenvalue weighted by molar-refractivity contribution is 0.0988. The summed E-state index contributed by atoms with van der Waals surface area (Å²) in [5.41, 5.74) is 0.805. The lowest BCUT2D eigenvalue weighted by atomic mass is 10.0. The molecule has 16 heavy (non-hydrogen) atoms. The van der Waals surface area contributed by atoms with E-state index in [2.05, 4.69) is 22.9 Å². The van der Waals surface area contributed by atoms with Crippen LogP contribution in [0.3, 0.4) is 0 Å². The fourth-order valence-electron chi connectivity index (χ4n) is 1.66. The van der Waals surface area contributed by atoms with E-state index in [-0.39, 0.29) is 10.6 Å². The number of carbonyl (C=O) groups excluding carboxylic acids is 1. The molecule has 0 aliphatic rings. The Balaban J connectivity index is 2.37. The van der Waals surface area contributed by atoms with Crippen LogP contribution >= 0.6 is 15.9 Å². The minimum absolute atomic E-state index is 0.0215. The number of rotatable bonds is 7. The second-order valence-corrected chi connectivity index (χ2v) is 5.15. The summed E-state index contributed by atoms with van der Waals surface area (Å²) < 4.78 is 0. The molecule has 0 aromatic heterocycles. The Morgan fingerprint density at radius 3 is 2.50 bits per heavy atom. The zero-order valence-electron chi connectivity index (χ0n) is 9.79. The van der Waals surface area contributed by atoms with E-state index in [4.69, 9.17) is 0 Å². The van der Waals surface area contributed by atoms with Crippen LogP contribution in [0.2, 0.25) is 0 Å². The molecule has 0 aliphatic carbocycles. The first kappa shape index (κ1) is 13.4. The molecule has 0 saturated carbocycles. The highest BCUT2D eigenvalue weighted by molar-refractivity contribution is 9.10. The van der Waals surface area contributed by atoms with E-state index in [1.807, 2.05) is 30.3 Å². The Morgan fingerprint density at radius 1 is 1.19 bits per heavy atom. The van der Waals surface area contributed by atoms with Crippen molar-refractivity contribution in [3.05, 3.63) is 35.9 Å². The molecule has 88 valence electrons. The van der Waals surface area contributed by atoms with Crippen LogP contribution in [0.1, 0.15) is 49.4 Å². The highest BCUT2D eigenvalue weighted by Gasteiger charge is 2.15. The molecule has 0 spiro atoms. The third kappa shape index (κ3) is 4.48. The smallest absolute Gasteiger partial charge is 0.176 e. The average molecular weight is 283 g/mol. The third-order valence-corrected chi connectivity index (χ3v) is 3.53. The number of hydrogen-bond donors (Lipinski definition) is 0. The maximum atomic E-state index is 12.0. The average Bonchev–Trinajstić information content (AvgIpc) is 2.34. The molecule has 0 fully saturated rings.